The van der Waals surface area contributed by atoms with Crippen LogP contribution in [0.2, 0.25) is 0 Å². The van der Waals surface area contributed by atoms with E-state index in [9.17, 15) is 5.11 Å². The quantitative estimate of drug-likeness (QED) is 0.840. The molecule has 3 heteroatoms. The van der Waals surface area contributed by atoms with E-state index in [2.05, 4.69) is 41.1 Å². The highest BCUT2D eigenvalue weighted by Gasteiger charge is 2.20. The van der Waals surface area contributed by atoms with Crippen molar-refractivity contribution >= 4 is 11.4 Å². The SMILES string of the molecule is CCC(O)CN1CCN(C)c2ccccc21. The Labute approximate surface area is 97.3 Å². The Bertz CT molecular complexity index is 354. The first kappa shape index (κ1) is 11.3. The fraction of sp³-hybridized carbons (Fsp3) is 0.538. The summed E-state index contributed by atoms with van der Waals surface area (Å²) < 4.78 is 0. The van der Waals surface area contributed by atoms with Gasteiger partial charge in [-0.1, -0.05) is 19.1 Å². The molecular weight excluding hydrogens is 200 g/mol. The first-order valence-corrected chi connectivity index (χ1v) is 5.95. The minimum Gasteiger partial charge on any atom is -0.391 e. The molecular formula is C13H20N2O. The predicted octanol–water partition coefficient (Wildman–Crippen LogP) is 1.71. The van der Waals surface area contributed by atoms with E-state index >= 15 is 0 Å². The number of nitrogens with zero attached hydrogens (tertiary/aromatic N) is 2. The Morgan fingerprint density at radius 2 is 1.94 bits per heavy atom. The van der Waals surface area contributed by atoms with Gasteiger partial charge in [0.2, 0.25) is 0 Å². The average molecular weight is 220 g/mol. The van der Waals surface area contributed by atoms with Gasteiger partial charge in [0.25, 0.3) is 0 Å². The zero-order valence-electron chi connectivity index (χ0n) is 10.1. The number of aliphatic hydroxyl groups is 1. The highest BCUT2D eigenvalue weighted by molar-refractivity contribution is 5.73. The molecule has 0 bridgehead atoms. The van der Waals surface area contributed by atoms with Crippen LogP contribution in [0.3, 0.4) is 0 Å². The van der Waals surface area contributed by atoms with Crippen molar-refractivity contribution in [3.05, 3.63) is 24.3 Å². The van der Waals surface area contributed by atoms with Crippen molar-refractivity contribution in [1.82, 2.24) is 0 Å². The monoisotopic (exact) mass is 220 g/mol. The van der Waals surface area contributed by atoms with E-state index in [0.29, 0.717) is 0 Å². The normalized spacial score (nSPS) is 17.2. The van der Waals surface area contributed by atoms with Gasteiger partial charge in [-0.3, -0.25) is 0 Å². The van der Waals surface area contributed by atoms with Crippen LogP contribution in [-0.2, 0) is 0 Å². The van der Waals surface area contributed by atoms with Crippen molar-refractivity contribution in [3.8, 4) is 0 Å². The summed E-state index contributed by atoms with van der Waals surface area (Å²) >= 11 is 0. The van der Waals surface area contributed by atoms with Gasteiger partial charge in [-0.15, -0.1) is 0 Å². The van der Waals surface area contributed by atoms with Crippen LogP contribution in [-0.4, -0.2) is 37.9 Å². The van der Waals surface area contributed by atoms with E-state index in [0.717, 1.165) is 26.1 Å². The number of likely N-dealkylation sites (N-methyl/N-ethyl adjacent to an activating group) is 1. The van der Waals surface area contributed by atoms with Gasteiger partial charge < -0.3 is 14.9 Å². The summed E-state index contributed by atoms with van der Waals surface area (Å²) in [4.78, 5) is 4.55. The molecule has 3 nitrogen and oxygen atoms in total. The Morgan fingerprint density at radius 3 is 2.62 bits per heavy atom. The predicted molar refractivity (Wildman–Crippen MR) is 68.2 cm³/mol. The molecule has 88 valence electrons. The second kappa shape index (κ2) is 4.74. The lowest BCUT2D eigenvalue weighted by molar-refractivity contribution is 0.175. The molecule has 1 aliphatic rings. The number of rotatable bonds is 3. The number of benzene rings is 1. The molecule has 1 unspecified atom stereocenters. The standard InChI is InChI=1S/C13H20N2O/c1-3-11(16)10-15-9-8-14(2)12-6-4-5-7-13(12)15/h4-7,11,16H,3,8-10H2,1-2H3. The first-order valence-electron chi connectivity index (χ1n) is 5.95. The number of hydrogen-bond acceptors (Lipinski definition) is 3. The van der Waals surface area contributed by atoms with Gasteiger partial charge in [0, 0.05) is 26.7 Å². The lowest BCUT2D eigenvalue weighted by Gasteiger charge is -2.37. The minimum absolute atomic E-state index is 0.225. The third-order valence-electron chi connectivity index (χ3n) is 3.24. The van der Waals surface area contributed by atoms with E-state index < -0.39 is 0 Å². The number of para-hydroxylation sites is 2. The van der Waals surface area contributed by atoms with Gasteiger partial charge in [0.15, 0.2) is 0 Å². The Morgan fingerprint density at radius 1 is 1.25 bits per heavy atom. The van der Waals surface area contributed by atoms with Crippen LogP contribution in [0, 0.1) is 0 Å². The van der Waals surface area contributed by atoms with Gasteiger partial charge >= 0.3 is 0 Å². The van der Waals surface area contributed by atoms with Gasteiger partial charge in [-0.25, -0.2) is 0 Å². The highest BCUT2D eigenvalue weighted by atomic mass is 16.3. The lowest BCUT2D eigenvalue weighted by Crippen LogP contribution is -2.42. The number of aliphatic hydroxyl groups excluding tert-OH is 1. The topological polar surface area (TPSA) is 26.7 Å². The van der Waals surface area contributed by atoms with E-state index in [1.807, 2.05) is 6.92 Å². The Hall–Kier alpha value is -1.22. The molecule has 1 aromatic carbocycles. The van der Waals surface area contributed by atoms with E-state index in [1.54, 1.807) is 0 Å². The van der Waals surface area contributed by atoms with Crippen LogP contribution in [0.4, 0.5) is 11.4 Å². The summed E-state index contributed by atoms with van der Waals surface area (Å²) in [6.45, 7) is 4.77. The second-order valence-corrected chi connectivity index (χ2v) is 4.42. The molecule has 0 saturated carbocycles. The van der Waals surface area contributed by atoms with Crippen LogP contribution < -0.4 is 9.80 Å². The van der Waals surface area contributed by atoms with Crippen molar-refractivity contribution in [2.45, 2.75) is 19.4 Å². The second-order valence-electron chi connectivity index (χ2n) is 4.42. The van der Waals surface area contributed by atoms with Crippen molar-refractivity contribution < 1.29 is 5.11 Å². The maximum atomic E-state index is 9.75. The molecule has 1 aliphatic heterocycles. The maximum absolute atomic E-state index is 9.75. The summed E-state index contributed by atoms with van der Waals surface area (Å²) in [5, 5.41) is 9.75. The minimum atomic E-state index is -0.225. The van der Waals surface area contributed by atoms with Gasteiger partial charge in [-0.2, -0.15) is 0 Å². The molecule has 0 amide bonds. The fourth-order valence-corrected chi connectivity index (χ4v) is 2.14. The third kappa shape index (κ3) is 2.14. The van der Waals surface area contributed by atoms with Gasteiger partial charge in [0.05, 0.1) is 17.5 Å². The fourth-order valence-electron chi connectivity index (χ4n) is 2.14. The largest absolute Gasteiger partial charge is 0.391 e. The van der Waals surface area contributed by atoms with Crippen LogP contribution in [0.5, 0.6) is 0 Å². The molecule has 16 heavy (non-hydrogen) atoms. The van der Waals surface area contributed by atoms with Crippen LogP contribution >= 0.6 is 0 Å². The van der Waals surface area contributed by atoms with E-state index in [1.165, 1.54) is 11.4 Å². The van der Waals surface area contributed by atoms with Crippen molar-refractivity contribution in [3.63, 3.8) is 0 Å². The molecule has 0 saturated heterocycles. The van der Waals surface area contributed by atoms with E-state index in [-0.39, 0.29) is 6.10 Å². The molecule has 0 aromatic heterocycles. The molecule has 1 heterocycles. The van der Waals surface area contributed by atoms with Gasteiger partial charge in [0.1, 0.15) is 0 Å². The molecule has 1 N–H and O–H groups in total. The Balaban J connectivity index is 2.21. The zero-order chi connectivity index (χ0) is 11.5. The molecule has 1 atom stereocenters. The number of β-amino-alcohol motifs (C(OH)–C–C–N with tert-alkyl or cyclic N) is 1. The average Bonchev–Trinajstić information content (AvgIpc) is 2.33. The molecule has 2 rings (SSSR count). The Kier molecular flexibility index (Phi) is 3.34. The van der Waals surface area contributed by atoms with Crippen LogP contribution in [0.1, 0.15) is 13.3 Å². The summed E-state index contributed by atoms with van der Waals surface area (Å²) in [7, 11) is 2.12. The third-order valence-corrected chi connectivity index (χ3v) is 3.24. The summed E-state index contributed by atoms with van der Waals surface area (Å²) in [5.74, 6) is 0. The van der Waals surface area contributed by atoms with Crippen LogP contribution in [0.25, 0.3) is 0 Å². The van der Waals surface area contributed by atoms with Crippen molar-refractivity contribution in [2.24, 2.45) is 0 Å². The van der Waals surface area contributed by atoms with Crippen molar-refractivity contribution in [1.29, 1.82) is 0 Å². The molecule has 1 aromatic rings. The summed E-state index contributed by atoms with van der Waals surface area (Å²) in [6.07, 6.45) is 0.588. The molecule has 0 radical (unpaired) electrons. The molecule has 0 aliphatic carbocycles. The summed E-state index contributed by atoms with van der Waals surface area (Å²) in [5.41, 5.74) is 2.50. The zero-order valence-corrected chi connectivity index (χ0v) is 10.1. The smallest absolute Gasteiger partial charge is 0.0712 e. The first-order chi connectivity index (χ1) is 7.72. The molecule has 0 spiro atoms. The van der Waals surface area contributed by atoms with E-state index in [4.69, 9.17) is 0 Å². The van der Waals surface area contributed by atoms with Crippen molar-refractivity contribution in [2.75, 3.05) is 36.5 Å². The summed E-state index contributed by atoms with van der Waals surface area (Å²) in [6, 6.07) is 8.39. The number of hydrogen-bond donors (Lipinski definition) is 1. The lowest BCUT2D eigenvalue weighted by atomic mass is 10.1. The maximum Gasteiger partial charge on any atom is 0.0712 e. The number of fused-ring (bicyclic) bond motifs is 1. The van der Waals surface area contributed by atoms with Gasteiger partial charge in [-0.05, 0) is 18.6 Å². The highest BCUT2D eigenvalue weighted by Crippen LogP contribution is 2.31. The van der Waals surface area contributed by atoms with Crippen LogP contribution in [0.15, 0.2) is 24.3 Å². The molecule has 0 fully saturated rings. The number of anilines is 2.